The maximum atomic E-state index is 14.0. The lowest BCUT2D eigenvalue weighted by atomic mass is 10.0. The maximum absolute atomic E-state index is 14.0. The van der Waals surface area contributed by atoms with Crippen LogP contribution in [0, 0.1) is 0 Å². The van der Waals surface area contributed by atoms with Gasteiger partial charge in [-0.1, -0.05) is 12.1 Å². The number of benzene rings is 2. The topological polar surface area (TPSA) is 101 Å². The number of carbonyl (C=O) groups is 1. The van der Waals surface area contributed by atoms with Crippen LogP contribution in [-0.4, -0.2) is 73.7 Å². The third-order valence-electron chi connectivity index (χ3n) is 7.35. The Morgan fingerprint density at radius 3 is 2.57 bits per heavy atom. The van der Waals surface area contributed by atoms with E-state index in [0.717, 1.165) is 19.2 Å². The van der Waals surface area contributed by atoms with Gasteiger partial charge >= 0.3 is 6.18 Å². The number of ether oxygens (including phenoxy) is 1. The van der Waals surface area contributed by atoms with E-state index in [9.17, 15) is 18.0 Å². The smallest absolute Gasteiger partial charge is 0.416 e. The van der Waals surface area contributed by atoms with Crippen molar-refractivity contribution in [3.05, 3.63) is 89.9 Å². The number of aryl methyl sites for hydroxylation is 1. The van der Waals surface area contributed by atoms with Gasteiger partial charge in [-0.15, -0.1) is 0 Å². The molecule has 6 rings (SSSR count). The van der Waals surface area contributed by atoms with Crippen LogP contribution in [0.2, 0.25) is 0 Å². The molecule has 0 atom stereocenters. The van der Waals surface area contributed by atoms with E-state index in [1.807, 2.05) is 18.0 Å². The fraction of sp³-hybridized carbons (Fsp3) is 0.258. The molecule has 10 nitrogen and oxygen atoms in total. The van der Waals surface area contributed by atoms with Gasteiger partial charge in [-0.2, -0.15) is 23.3 Å². The molecular weight excluding hydrogens is 573 g/mol. The van der Waals surface area contributed by atoms with Gasteiger partial charge in [0.2, 0.25) is 5.88 Å². The zero-order chi connectivity index (χ0) is 30.8. The molecule has 1 aliphatic heterocycles. The molecule has 1 saturated heterocycles. The second-order valence-electron chi connectivity index (χ2n) is 10.7. The molecule has 0 spiro atoms. The third kappa shape index (κ3) is 6.53. The number of hydrogen-bond acceptors (Lipinski definition) is 8. The van der Waals surface area contributed by atoms with E-state index in [0.29, 0.717) is 46.9 Å². The van der Waals surface area contributed by atoms with Crippen LogP contribution in [0.1, 0.15) is 21.5 Å². The number of pyridine rings is 1. The minimum atomic E-state index is -4.60. The summed E-state index contributed by atoms with van der Waals surface area (Å²) in [4.78, 5) is 30.5. The summed E-state index contributed by atoms with van der Waals surface area (Å²) in [5, 5.41) is 7.64. The molecule has 0 aliphatic carbocycles. The van der Waals surface area contributed by atoms with Crippen LogP contribution in [-0.2, 0) is 19.8 Å². The van der Waals surface area contributed by atoms with Crippen LogP contribution in [0.3, 0.4) is 0 Å². The zero-order valence-electron chi connectivity index (χ0n) is 24.0. The van der Waals surface area contributed by atoms with Gasteiger partial charge in [0.25, 0.3) is 5.91 Å². The Kier molecular flexibility index (Phi) is 7.97. The molecule has 1 N–H and O–H groups in total. The summed E-state index contributed by atoms with van der Waals surface area (Å²) in [5.74, 6) is 0.299. The summed E-state index contributed by atoms with van der Waals surface area (Å²) >= 11 is 0. The molecule has 5 aromatic rings. The molecule has 0 saturated carbocycles. The Balaban J connectivity index is 1.22. The number of anilines is 1. The van der Waals surface area contributed by atoms with Crippen molar-refractivity contribution in [2.24, 2.45) is 7.05 Å². The maximum Gasteiger partial charge on any atom is 0.416 e. The van der Waals surface area contributed by atoms with Gasteiger partial charge in [-0.3, -0.25) is 19.4 Å². The Bertz CT molecular complexity index is 1800. The van der Waals surface area contributed by atoms with Gasteiger partial charge < -0.3 is 15.0 Å². The van der Waals surface area contributed by atoms with Crippen molar-refractivity contribution >= 4 is 22.6 Å². The Hall–Kier alpha value is -4.88. The fourth-order valence-electron chi connectivity index (χ4n) is 5.01. The molecular formula is C31H29F3N8O2. The minimum absolute atomic E-state index is 0.0974. The van der Waals surface area contributed by atoms with E-state index in [4.69, 9.17) is 4.74 Å². The Labute approximate surface area is 251 Å². The van der Waals surface area contributed by atoms with Crippen LogP contribution >= 0.6 is 0 Å². The number of hydrogen-bond donors (Lipinski definition) is 1. The standard InChI is InChI=1S/C31H29F3N8O2/c1-40-11-13-42(14-12-40)18-22-9-8-20(15-26(22)31(32,33)34)29(43)36-23-6-3-7-24(16-23)44-30-25-19-41(2)39-28(25)37-27(38-30)21-5-4-10-35-17-21/h3-10,15-17,19H,11-14,18H2,1-2H3,(H,36,43). The summed E-state index contributed by atoms with van der Waals surface area (Å²) < 4.78 is 49.9. The van der Waals surface area contributed by atoms with Crippen LogP contribution in [0.15, 0.2) is 73.2 Å². The molecule has 13 heteroatoms. The molecule has 0 unspecified atom stereocenters. The van der Waals surface area contributed by atoms with Crippen LogP contribution in [0.25, 0.3) is 22.4 Å². The van der Waals surface area contributed by atoms with E-state index in [1.54, 1.807) is 60.7 Å². The van der Waals surface area contributed by atoms with Crippen LogP contribution in [0.4, 0.5) is 18.9 Å². The number of piperazine rings is 1. The highest BCUT2D eigenvalue weighted by Gasteiger charge is 2.34. The minimum Gasteiger partial charge on any atom is -0.438 e. The largest absolute Gasteiger partial charge is 0.438 e. The van der Waals surface area contributed by atoms with Gasteiger partial charge in [0.05, 0.1) is 5.56 Å². The fourth-order valence-corrected chi connectivity index (χ4v) is 5.01. The lowest BCUT2D eigenvalue weighted by molar-refractivity contribution is -0.138. The molecule has 1 amide bonds. The highest BCUT2D eigenvalue weighted by atomic mass is 19.4. The predicted molar refractivity (Wildman–Crippen MR) is 158 cm³/mol. The van der Waals surface area contributed by atoms with Crippen LogP contribution in [0.5, 0.6) is 11.6 Å². The molecule has 1 aliphatic rings. The SMILES string of the molecule is CN1CCN(Cc2ccc(C(=O)Nc3cccc(Oc4nc(-c5cccnc5)nc5nn(C)cc45)c3)cc2C(F)(F)F)CC1. The zero-order valence-corrected chi connectivity index (χ0v) is 24.0. The van der Waals surface area contributed by atoms with Gasteiger partial charge in [0.15, 0.2) is 11.5 Å². The molecule has 4 heterocycles. The molecule has 2 aromatic carbocycles. The quantitative estimate of drug-likeness (QED) is 0.270. The normalized spacial score (nSPS) is 14.6. The Morgan fingerprint density at radius 2 is 1.82 bits per heavy atom. The lowest BCUT2D eigenvalue weighted by Gasteiger charge is -2.33. The highest BCUT2D eigenvalue weighted by molar-refractivity contribution is 6.04. The van der Waals surface area contributed by atoms with Gasteiger partial charge in [-0.25, -0.2) is 4.98 Å². The average molecular weight is 603 g/mol. The molecule has 0 radical (unpaired) electrons. The van der Waals surface area contributed by atoms with Crippen LogP contribution < -0.4 is 10.1 Å². The number of rotatable bonds is 7. The first-order chi connectivity index (χ1) is 21.1. The number of nitrogens with zero attached hydrogens (tertiary/aromatic N) is 7. The first kappa shape index (κ1) is 29.2. The number of aromatic nitrogens is 5. The summed E-state index contributed by atoms with van der Waals surface area (Å²) in [6.07, 6.45) is 0.408. The average Bonchev–Trinajstić information content (AvgIpc) is 3.39. The molecule has 0 bridgehead atoms. The number of fused-ring (bicyclic) bond motifs is 1. The number of likely N-dealkylation sites (N-methyl/N-ethyl adjacent to an activating group) is 1. The molecule has 3 aromatic heterocycles. The van der Waals surface area contributed by atoms with Gasteiger partial charge in [0, 0.05) is 81.2 Å². The molecule has 226 valence electrons. The summed E-state index contributed by atoms with van der Waals surface area (Å²) in [5.41, 5.74) is 0.684. The number of carbonyl (C=O) groups excluding carboxylic acids is 1. The summed E-state index contributed by atoms with van der Waals surface area (Å²) in [6, 6.07) is 13.9. The number of halogens is 3. The van der Waals surface area contributed by atoms with E-state index in [1.165, 1.54) is 12.1 Å². The third-order valence-corrected chi connectivity index (χ3v) is 7.35. The number of alkyl halides is 3. The predicted octanol–water partition coefficient (Wildman–Crippen LogP) is 5.24. The number of amides is 1. The molecule has 1 fully saturated rings. The van der Waals surface area contributed by atoms with Gasteiger partial charge in [0.1, 0.15) is 11.1 Å². The molecule has 44 heavy (non-hydrogen) atoms. The van der Waals surface area contributed by atoms with Crippen molar-refractivity contribution in [3.8, 4) is 23.0 Å². The van der Waals surface area contributed by atoms with E-state index in [-0.39, 0.29) is 23.6 Å². The van der Waals surface area contributed by atoms with Crippen molar-refractivity contribution in [2.45, 2.75) is 12.7 Å². The number of nitrogens with one attached hydrogen (secondary N) is 1. The van der Waals surface area contributed by atoms with Gasteiger partial charge in [-0.05, 0) is 49.0 Å². The first-order valence-corrected chi connectivity index (χ1v) is 13.9. The van der Waals surface area contributed by atoms with E-state index in [2.05, 4.69) is 30.3 Å². The summed E-state index contributed by atoms with van der Waals surface area (Å²) in [6.45, 7) is 3.11. The second kappa shape index (κ2) is 12.0. The van der Waals surface area contributed by atoms with E-state index < -0.39 is 17.6 Å². The van der Waals surface area contributed by atoms with Crippen molar-refractivity contribution in [1.29, 1.82) is 0 Å². The van der Waals surface area contributed by atoms with Crippen molar-refractivity contribution in [3.63, 3.8) is 0 Å². The lowest BCUT2D eigenvalue weighted by Crippen LogP contribution is -2.44. The first-order valence-electron chi connectivity index (χ1n) is 13.9. The monoisotopic (exact) mass is 602 g/mol. The van der Waals surface area contributed by atoms with E-state index >= 15 is 0 Å². The van der Waals surface area contributed by atoms with Crippen molar-refractivity contribution in [2.75, 3.05) is 38.5 Å². The second-order valence-corrected chi connectivity index (χ2v) is 10.7. The Morgan fingerprint density at radius 1 is 1.00 bits per heavy atom. The van der Waals surface area contributed by atoms with Crippen molar-refractivity contribution in [1.82, 2.24) is 34.5 Å². The van der Waals surface area contributed by atoms with Crippen molar-refractivity contribution < 1.29 is 22.7 Å². The highest BCUT2D eigenvalue weighted by Crippen LogP contribution is 2.34. The summed E-state index contributed by atoms with van der Waals surface area (Å²) in [7, 11) is 3.75.